The minimum atomic E-state index is 0.641. The van der Waals surface area contributed by atoms with Crippen molar-refractivity contribution in [2.24, 2.45) is 0 Å². The predicted molar refractivity (Wildman–Crippen MR) is 230 cm³/mol. The molecule has 0 unspecified atom stereocenters. The molecule has 11 rings (SSSR count). The second-order valence-corrected chi connectivity index (χ2v) is 15.7. The van der Waals surface area contributed by atoms with E-state index in [1.807, 2.05) is 40.9 Å². The Kier molecular flexibility index (Phi) is 7.22. The highest BCUT2D eigenvalue weighted by molar-refractivity contribution is 7.26. The Morgan fingerprint density at radius 1 is 0.296 bits per heavy atom. The van der Waals surface area contributed by atoms with Crippen molar-refractivity contribution in [3.05, 3.63) is 176 Å². The van der Waals surface area contributed by atoms with Crippen molar-refractivity contribution in [1.29, 1.82) is 0 Å². The molecule has 3 heterocycles. The minimum Gasteiger partial charge on any atom is -0.208 e. The van der Waals surface area contributed by atoms with E-state index >= 15 is 0 Å². The monoisotopic (exact) mass is 723 g/mol. The van der Waals surface area contributed by atoms with Crippen LogP contribution in [0.4, 0.5) is 0 Å². The highest BCUT2D eigenvalue weighted by Crippen LogP contribution is 2.44. The molecule has 0 atom stereocenters. The van der Waals surface area contributed by atoms with Crippen LogP contribution in [0, 0.1) is 0 Å². The van der Waals surface area contributed by atoms with E-state index in [0.717, 1.165) is 44.2 Å². The van der Waals surface area contributed by atoms with Gasteiger partial charge >= 0.3 is 0 Å². The maximum Gasteiger partial charge on any atom is 0.164 e. The molecule has 11 aromatic rings. The Morgan fingerprint density at radius 3 is 1.74 bits per heavy atom. The van der Waals surface area contributed by atoms with Gasteiger partial charge in [-0.1, -0.05) is 133 Å². The van der Waals surface area contributed by atoms with Crippen molar-refractivity contribution in [3.63, 3.8) is 0 Å². The number of benzene rings is 8. The highest BCUT2D eigenvalue weighted by Gasteiger charge is 2.20. The Labute approximate surface area is 319 Å². The third-order valence-corrected chi connectivity index (χ3v) is 12.6. The van der Waals surface area contributed by atoms with Crippen LogP contribution in [-0.2, 0) is 0 Å². The van der Waals surface area contributed by atoms with E-state index in [4.69, 9.17) is 15.0 Å². The third-order valence-electron chi connectivity index (χ3n) is 10.4. The van der Waals surface area contributed by atoms with E-state index in [1.54, 1.807) is 0 Å². The van der Waals surface area contributed by atoms with Crippen LogP contribution in [0.5, 0.6) is 0 Å². The number of hydrogen-bond donors (Lipinski definition) is 0. The summed E-state index contributed by atoms with van der Waals surface area (Å²) < 4.78 is 5.15. The number of hydrogen-bond acceptors (Lipinski definition) is 5. The molecule has 0 radical (unpaired) electrons. The number of nitrogens with zero attached hydrogens (tertiary/aromatic N) is 3. The molecule has 0 saturated heterocycles. The van der Waals surface area contributed by atoms with E-state index in [-0.39, 0.29) is 0 Å². The van der Waals surface area contributed by atoms with E-state index in [9.17, 15) is 0 Å². The quantitative estimate of drug-likeness (QED) is 0.177. The topological polar surface area (TPSA) is 38.7 Å². The summed E-state index contributed by atoms with van der Waals surface area (Å²) in [4.78, 5) is 15.7. The summed E-state index contributed by atoms with van der Waals surface area (Å²) >= 11 is 3.69. The van der Waals surface area contributed by atoms with Crippen molar-refractivity contribution in [2.75, 3.05) is 0 Å². The molecule has 0 spiro atoms. The molecule has 0 saturated carbocycles. The zero-order valence-electron chi connectivity index (χ0n) is 28.9. The molecule has 0 aliphatic heterocycles. The number of rotatable bonds is 5. The smallest absolute Gasteiger partial charge is 0.164 e. The fraction of sp³-hybridized carbons (Fsp3) is 0. The molecule has 0 N–H and O–H groups in total. The van der Waals surface area contributed by atoms with Crippen LogP contribution in [0.15, 0.2) is 176 Å². The van der Waals surface area contributed by atoms with Crippen LogP contribution in [0.3, 0.4) is 0 Å². The molecule has 0 fully saturated rings. The Bertz CT molecular complexity index is 3230. The first kappa shape index (κ1) is 31.0. The normalized spacial score (nSPS) is 11.7. The molecular weight excluding hydrogens is 695 g/mol. The maximum atomic E-state index is 5.30. The molecule has 8 aromatic carbocycles. The predicted octanol–water partition coefficient (Wildman–Crippen LogP) is 14.1. The first-order valence-electron chi connectivity index (χ1n) is 18.0. The summed E-state index contributed by atoms with van der Waals surface area (Å²) in [5.41, 5.74) is 7.47. The largest absolute Gasteiger partial charge is 0.208 e. The van der Waals surface area contributed by atoms with Crippen LogP contribution in [0.2, 0.25) is 0 Å². The Morgan fingerprint density at radius 2 is 0.870 bits per heavy atom. The van der Waals surface area contributed by atoms with Crippen molar-refractivity contribution >= 4 is 73.8 Å². The second-order valence-electron chi connectivity index (χ2n) is 13.5. The first-order valence-corrected chi connectivity index (χ1v) is 19.6. The van der Waals surface area contributed by atoms with Gasteiger partial charge < -0.3 is 0 Å². The van der Waals surface area contributed by atoms with Gasteiger partial charge in [0.1, 0.15) is 0 Å². The molecule has 0 amide bonds. The zero-order chi connectivity index (χ0) is 35.6. The summed E-state index contributed by atoms with van der Waals surface area (Å²) in [6, 6.07) is 62.7. The van der Waals surface area contributed by atoms with Crippen molar-refractivity contribution in [1.82, 2.24) is 15.0 Å². The first-order chi connectivity index (χ1) is 26.7. The van der Waals surface area contributed by atoms with Gasteiger partial charge in [0.15, 0.2) is 17.5 Å². The Hall–Kier alpha value is -6.53. The molecule has 0 aliphatic rings. The highest BCUT2D eigenvalue weighted by atomic mass is 32.1. The van der Waals surface area contributed by atoms with Crippen molar-refractivity contribution < 1.29 is 0 Å². The maximum absolute atomic E-state index is 5.30. The lowest BCUT2D eigenvalue weighted by Gasteiger charge is -2.15. The summed E-state index contributed by atoms with van der Waals surface area (Å²) in [5, 5.41) is 7.37. The molecule has 5 heteroatoms. The fourth-order valence-corrected chi connectivity index (χ4v) is 10.0. The summed E-state index contributed by atoms with van der Waals surface area (Å²) in [6.45, 7) is 0. The van der Waals surface area contributed by atoms with E-state index in [0.29, 0.717) is 17.5 Å². The van der Waals surface area contributed by atoms with Crippen LogP contribution in [0.1, 0.15) is 0 Å². The second kappa shape index (κ2) is 12.6. The van der Waals surface area contributed by atoms with Crippen molar-refractivity contribution in [2.45, 2.75) is 0 Å². The summed E-state index contributed by atoms with van der Waals surface area (Å²) in [7, 11) is 0. The molecular formula is C49H29N3S2. The number of aromatic nitrogens is 3. The molecule has 3 nitrogen and oxygen atoms in total. The van der Waals surface area contributed by atoms with Gasteiger partial charge in [-0.25, -0.2) is 15.0 Å². The number of thiophene rings is 2. The van der Waals surface area contributed by atoms with Gasteiger partial charge in [0.25, 0.3) is 0 Å². The van der Waals surface area contributed by atoms with Gasteiger partial charge in [-0.05, 0) is 75.5 Å². The fourth-order valence-electron chi connectivity index (χ4n) is 7.81. The summed E-state index contributed by atoms with van der Waals surface area (Å²) in [6.07, 6.45) is 0. The van der Waals surface area contributed by atoms with Crippen LogP contribution < -0.4 is 0 Å². The molecule has 0 bridgehead atoms. The van der Waals surface area contributed by atoms with Crippen LogP contribution in [0.25, 0.3) is 108 Å². The SMILES string of the molecule is c1ccc(-c2nc(-c3ccc(-c4cccc5sc6ccccc6c45)cc3-c3ccc4sc5ccccc5c4c3)nc(-c3cccc4ccccc34)n2)cc1. The van der Waals surface area contributed by atoms with Gasteiger partial charge in [-0.15, -0.1) is 22.7 Å². The van der Waals surface area contributed by atoms with E-state index < -0.39 is 0 Å². The minimum absolute atomic E-state index is 0.641. The molecule has 54 heavy (non-hydrogen) atoms. The van der Waals surface area contributed by atoms with Gasteiger partial charge in [-0.2, -0.15) is 0 Å². The number of fused-ring (bicyclic) bond motifs is 7. The van der Waals surface area contributed by atoms with Gasteiger partial charge in [0, 0.05) is 57.0 Å². The van der Waals surface area contributed by atoms with Crippen molar-refractivity contribution in [3.8, 4) is 56.4 Å². The van der Waals surface area contributed by atoms with Crippen LogP contribution in [-0.4, -0.2) is 15.0 Å². The lowest BCUT2D eigenvalue weighted by atomic mass is 9.91. The van der Waals surface area contributed by atoms with Crippen LogP contribution >= 0.6 is 22.7 Å². The van der Waals surface area contributed by atoms with E-state index in [1.165, 1.54) is 45.9 Å². The average molecular weight is 724 g/mol. The molecule has 252 valence electrons. The van der Waals surface area contributed by atoms with E-state index in [2.05, 4.69) is 158 Å². The van der Waals surface area contributed by atoms with Gasteiger partial charge in [-0.3, -0.25) is 0 Å². The third kappa shape index (κ3) is 5.12. The lowest BCUT2D eigenvalue weighted by Crippen LogP contribution is -2.01. The lowest BCUT2D eigenvalue weighted by molar-refractivity contribution is 1.08. The summed E-state index contributed by atoms with van der Waals surface area (Å²) in [5.74, 6) is 1.94. The molecule has 0 aliphatic carbocycles. The molecule has 3 aromatic heterocycles. The van der Waals surface area contributed by atoms with Gasteiger partial charge in [0.2, 0.25) is 0 Å². The standard InChI is InChI=1S/C49H29N3S2/c1-2-13-31(14-3-1)47-50-48(37-20-10-15-30-12-4-5-16-34(30)37)52-49(51-47)38-26-24-32(35-19-11-23-45-46(35)39-18-7-9-22-43(39)54-45)28-40(38)33-25-27-44-41(29-33)36-17-6-8-21-42(36)53-44/h1-29H. The average Bonchev–Trinajstić information content (AvgIpc) is 3.82. The zero-order valence-corrected chi connectivity index (χ0v) is 30.5. The Balaban J connectivity index is 1.19. The van der Waals surface area contributed by atoms with Gasteiger partial charge in [0.05, 0.1) is 0 Å².